The number of nitrogens with zero attached hydrogens (tertiary/aromatic N) is 2. The van der Waals surface area contributed by atoms with Gasteiger partial charge in [-0.3, -0.25) is 24.6 Å². The molecule has 0 radical (unpaired) electrons. The molecule has 2 saturated heterocycles. The number of piperidine rings is 1. The van der Waals surface area contributed by atoms with Gasteiger partial charge in [-0.1, -0.05) is 48.5 Å². The standard InChI is InChI=1S/C42H43N3O7/c46-31-10-14-35-38(22-31)52-26-36(28-6-2-1-3-7-28)40(35)29-8-11-32(12-9-29)51-20-18-44-23-27(24-44)5-4-19-50-33-13-15-34-30(21-33)25-45(42(34)49)37-16-17-39(47)43-41(37)48/h1-3,6-15,21-22,27,36-37,40,46H,4-5,16-20,23-26H2,(H,43,47,48)/t36-,37?,40-/m0/s1. The second-order valence-electron chi connectivity index (χ2n) is 14.3. The molecule has 2 N–H and O–H groups in total. The molecule has 4 aliphatic rings. The summed E-state index contributed by atoms with van der Waals surface area (Å²) in [5.41, 5.74) is 4.93. The van der Waals surface area contributed by atoms with E-state index in [1.165, 1.54) is 11.1 Å². The summed E-state index contributed by atoms with van der Waals surface area (Å²) in [5.74, 6) is 2.55. The van der Waals surface area contributed by atoms with Gasteiger partial charge in [0.05, 0.1) is 13.2 Å². The molecular weight excluding hydrogens is 658 g/mol. The summed E-state index contributed by atoms with van der Waals surface area (Å²) < 4.78 is 18.3. The van der Waals surface area contributed by atoms with Gasteiger partial charge in [-0.05, 0) is 78.3 Å². The monoisotopic (exact) mass is 701 g/mol. The van der Waals surface area contributed by atoms with Crippen molar-refractivity contribution in [2.24, 2.45) is 5.92 Å². The van der Waals surface area contributed by atoms with Crippen molar-refractivity contribution in [3.8, 4) is 23.0 Å². The predicted octanol–water partition coefficient (Wildman–Crippen LogP) is 5.63. The minimum Gasteiger partial charge on any atom is -0.508 e. The summed E-state index contributed by atoms with van der Waals surface area (Å²) in [6.07, 6.45) is 2.63. The van der Waals surface area contributed by atoms with Crippen LogP contribution in [0.2, 0.25) is 0 Å². The van der Waals surface area contributed by atoms with Crippen LogP contribution in [0.15, 0.2) is 91.0 Å². The Morgan fingerprint density at radius 3 is 2.44 bits per heavy atom. The first-order valence-corrected chi connectivity index (χ1v) is 18.3. The van der Waals surface area contributed by atoms with Gasteiger partial charge in [-0.15, -0.1) is 0 Å². The molecule has 10 nitrogen and oxygen atoms in total. The summed E-state index contributed by atoms with van der Waals surface area (Å²) in [5, 5.41) is 12.4. The van der Waals surface area contributed by atoms with E-state index in [-0.39, 0.29) is 35.8 Å². The van der Waals surface area contributed by atoms with Crippen molar-refractivity contribution < 1.29 is 33.7 Å². The molecular formula is C42H43N3O7. The van der Waals surface area contributed by atoms with Crippen LogP contribution in [0.3, 0.4) is 0 Å². The number of rotatable bonds is 12. The number of nitrogens with one attached hydrogen (secondary N) is 1. The fourth-order valence-electron chi connectivity index (χ4n) is 8.11. The molecule has 0 aromatic heterocycles. The van der Waals surface area contributed by atoms with E-state index in [1.807, 2.05) is 24.3 Å². The lowest BCUT2D eigenvalue weighted by atomic mass is 9.76. The normalized spacial score (nSPS) is 21.5. The highest BCUT2D eigenvalue weighted by molar-refractivity contribution is 6.05. The van der Waals surface area contributed by atoms with Gasteiger partial charge in [-0.2, -0.15) is 0 Å². The molecule has 4 aromatic carbocycles. The molecule has 0 bridgehead atoms. The van der Waals surface area contributed by atoms with E-state index in [1.54, 1.807) is 23.1 Å². The number of hydrogen-bond donors (Lipinski definition) is 2. The maximum atomic E-state index is 12.9. The number of ether oxygens (including phenoxy) is 3. The first-order chi connectivity index (χ1) is 25.4. The predicted molar refractivity (Wildman–Crippen MR) is 194 cm³/mol. The van der Waals surface area contributed by atoms with E-state index in [9.17, 15) is 19.5 Å². The van der Waals surface area contributed by atoms with E-state index in [2.05, 4.69) is 58.7 Å². The smallest absolute Gasteiger partial charge is 0.255 e. The molecule has 4 aliphatic heterocycles. The summed E-state index contributed by atoms with van der Waals surface area (Å²) in [6.45, 7) is 5.11. The third-order valence-corrected chi connectivity index (χ3v) is 10.8. The Hall–Kier alpha value is -5.35. The number of phenolic OH excluding ortho intramolecular Hbond substituents is 1. The van der Waals surface area contributed by atoms with Crippen molar-refractivity contribution in [2.45, 2.75) is 50.1 Å². The largest absolute Gasteiger partial charge is 0.508 e. The summed E-state index contributed by atoms with van der Waals surface area (Å²) in [6, 6.07) is 29.2. The van der Waals surface area contributed by atoms with Crippen molar-refractivity contribution in [1.82, 2.24) is 15.1 Å². The van der Waals surface area contributed by atoms with Crippen molar-refractivity contribution in [1.29, 1.82) is 0 Å². The minimum absolute atomic E-state index is 0.0983. The zero-order valence-corrected chi connectivity index (χ0v) is 29.0. The molecule has 52 heavy (non-hydrogen) atoms. The van der Waals surface area contributed by atoms with Crippen LogP contribution in [-0.2, 0) is 16.1 Å². The Morgan fingerprint density at radius 1 is 0.846 bits per heavy atom. The van der Waals surface area contributed by atoms with Crippen LogP contribution < -0.4 is 19.5 Å². The van der Waals surface area contributed by atoms with E-state index in [0.717, 1.165) is 60.9 Å². The van der Waals surface area contributed by atoms with Crippen LogP contribution in [0.25, 0.3) is 0 Å². The van der Waals surface area contributed by atoms with Crippen molar-refractivity contribution >= 4 is 17.7 Å². The zero-order valence-electron chi connectivity index (χ0n) is 29.0. The number of benzene rings is 4. The van der Waals surface area contributed by atoms with E-state index < -0.39 is 11.9 Å². The van der Waals surface area contributed by atoms with Crippen LogP contribution >= 0.6 is 0 Å². The molecule has 2 fully saturated rings. The summed E-state index contributed by atoms with van der Waals surface area (Å²) in [4.78, 5) is 40.8. The van der Waals surface area contributed by atoms with Crippen LogP contribution in [0.4, 0.5) is 0 Å². The topological polar surface area (TPSA) is 118 Å². The van der Waals surface area contributed by atoms with Gasteiger partial charge < -0.3 is 24.2 Å². The van der Waals surface area contributed by atoms with E-state index in [4.69, 9.17) is 14.2 Å². The molecule has 3 amide bonds. The average Bonchev–Trinajstić information content (AvgIpc) is 3.46. The summed E-state index contributed by atoms with van der Waals surface area (Å²) in [7, 11) is 0. The fraction of sp³-hybridized carbons (Fsp3) is 0.357. The molecule has 4 heterocycles. The van der Waals surface area contributed by atoms with Gasteiger partial charge in [0.15, 0.2) is 0 Å². The number of carbonyl (C=O) groups is 3. The average molecular weight is 702 g/mol. The Bertz CT molecular complexity index is 1940. The first-order valence-electron chi connectivity index (χ1n) is 18.3. The van der Waals surface area contributed by atoms with Crippen LogP contribution in [0, 0.1) is 5.92 Å². The molecule has 3 atom stereocenters. The van der Waals surface area contributed by atoms with Crippen molar-refractivity contribution in [3.05, 3.63) is 119 Å². The molecule has 0 aliphatic carbocycles. The summed E-state index contributed by atoms with van der Waals surface area (Å²) >= 11 is 0. The lowest BCUT2D eigenvalue weighted by molar-refractivity contribution is -0.136. The Morgan fingerprint density at radius 2 is 1.63 bits per heavy atom. The van der Waals surface area contributed by atoms with Gasteiger partial charge >= 0.3 is 0 Å². The molecule has 0 saturated carbocycles. The van der Waals surface area contributed by atoms with Crippen LogP contribution in [0.5, 0.6) is 23.0 Å². The van der Waals surface area contributed by atoms with Crippen molar-refractivity contribution in [2.75, 3.05) is 39.5 Å². The third-order valence-electron chi connectivity index (χ3n) is 10.8. The Balaban J connectivity index is 0.761. The van der Waals surface area contributed by atoms with Gasteiger partial charge in [-0.25, -0.2) is 0 Å². The minimum atomic E-state index is -0.615. The number of amides is 3. The highest BCUT2D eigenvalue weighted by atomic mass is 16.5. The number of aromatic hydroxyl groups is 1. The second-order valence-corrected chi connectivity index (χ2v) is 14.3. The van der Waals surface area contributed by atoms with Gasteiger partial charge in [0.2, 0.25) is 11.8 Å². The lowest BCUT2D eigenvalue weighted by Crippen LogP contribution is -2.52. The molecule has 268 valence electrons. The Labute approximate surface area is 303 Å². The number of imide groups is 1. The number of fused-ring (bicyclic) bond motifs is 2. The molecule has 4 aromatic rings. The van der Waals surface area contributed by atoms with Gasteiger partial charge in [0.1, 0.15) is 35.6 Å². The van der Waals surface area contributed by atoms with Crippen LogP contribution in [-0.4, -0.2) is 78.1 Å². The van der Waals surface area contributed by atoms with Gasteiger partial charge in [0.25, 0.3) is 5.91 Å². The first kappa shape index (κ1) is 33.8. The van der Waals surface area contributed by atoms with E-state index in [0.29, 0.717) is 44.3 Å². The third kappa shape index (κ3) is 7.08. The number of carbonyl (C=O) groups excluding carboxylic acids is 3. The molecule has 1 unspecified atom stereocenters. The number of hydrogen-bond acceptors (Lipinski definition) is 8. The van der Waals surface area contributed by atoms with Crippen molar-refractivity contribution in [3.63, 3.8) is 0 Å². The van der Waals surface area contributed by atoms with E-state index >= 15 is 0 Å². The SMILES string of the molecule is O=C1CCC(N2Cc3cc(OCCCC4CN(CCOc5ccc([C@H]6c7ccc(O)cc7OC[C@H]6c6ccccc6)cc5)C4)ccc3C2=O)C(=O)N1. The lowest BCUT2D eigenvalue weighted by Gasteiger charge is -2.39. The maximum absolute atomic E-state index is 12.9. The molecule has 8 rings (SSSR count). The maximum Gasteiger partial charge on any atom is 0.255 e. The fourth-order valence-corrected chi connectivity index (χ4v) is 8.11. The quantitative estimate of drug-likeness (QED) is 0.144. The molecule has 10 heteroatoms. The zero-order chi connectivity index (χ0) is 35.6. The highest BCUT2D eigenvalue weighted by Gasteiger charge is 2.39. The number of likely N-dealkylation sites (tertiary alicyclic amines) is 1. The Kier molecular flexibility index (Phi) is 9.56. The molecule has 0 spiro atoms. The second kappa shape index (κ2) is 14.7. The number of phenols is 1. The van der Waals surface area contributed by atoms with Gasteiger partial charge in [0, 0.05) is 61.6 Å². The highest BCUT2D eigenvalue weighted by Crippen LogP contribution is 2.47. The van der Waals surface area contributed by atoms with Crippen LogP contribution in [0.1, 0.15) is 70.1 Å².